The lowest BCUT2D eigenvalue weighted by Crippen LogP contribution is -2.03. The largest absolute Gasteiger partial charge is 0.456 e. The maximum absolute atomic E-state index is 6.62. The van der Waals surface area contributed by atoms with Gasteiger partial charge in [0.05, 0.1) is 5.38 Å². The summed E-state index contributed by atoms with van der Waals surface area (Å²) in [5, 5.41) is 2.39. The molecule has 0 fully saturated rings. The van der Waals surface area contributed by atoms with Crippen molar-refractivity contribution in [3.05, 3.63) is 48.0 Å². The van der Waals surface area contributed by atoms with Crippen molar-refractivity contribution in [2.45, 2.75) is 32.1 Å². The van der Waals surface area contributed by atoms with Gasteiger partial charge in [-0.1, -0.05) is 44.5 Å². The van der Waals surface area contributed by atoms with Gasteiger partial charge in [-0.05, 0) is 36.1 Å². The van der Waals surface area contributed by atoms with E-state index >= 15 is 0 Å². The number of fused-ring (bicyclic) bond motifs is 3. The van der Waals surface area contributed by atoms with Crippen molar-refractivity contribution in [1.29, 1.82) is 0 Å². The first kappa shape index (κ1) is 13.5. The molecule has 2 aromatic carbocycles. The van der Waals surface area contributed by atoms with Gasteiger partial charge in [0.1, 0.15) is 11.2 Å². The van der Waals surface area contributed by atoms with E-state index in [9.17, 15) is 0 Å². The van der Waals surface area contributed by atoms with Crippen LogP contribution in [0.2, 0.25) is 0 Å². The van der Waals surface area contributed by atoms with Gasteiger partial charge in [-0.25, -0.2) is 0 Å². The smallest absolute Gasteiger partial charge is 0.135 e. The second kappa shape index (κ2) is 5.49. The van der Waals surface area contributed by atoms with Crippen LogP contribution in [0.4, 0.5) is 0 Å². The molecular formula is C18H19ClO. The maximum Gasteiger partial charge on any atom is 0.135 e. The van der Waals surface area contributed by atoms with E-state index in [-0.39, 0.29) is 5.38 Å². The standard InChI is InChI=1S/C18H19ClO/c1-3-6-12(2)18(19)13-9-10-17-15(11-13)14-7-4-5-8-16(14)20-17/h4-5,7-12,18H,3,6H2,1-2H3. The van der Waals surface area contributed by atoms with E-state index < -0.39 is 0 Å². The zero-order valence-corrected chi connectivity index (χ0v) is 12.7. The van der Waals surface area contributed by atoms with Gasteiger partial charge >= 0.3 is 0 Å². The number of rotatable bonds is 4. The van der Waals surface area contributed by atoms with E-state index in [0.717, 1.165) is 28.4 Å². The van der Waals surface area contributed by atoms with E-state index in [1.165, 1.54) is 12.0 Å². The third-order valence-electron chi connectivity index (χ3n) is 3.96. The fraction of sp³-hybridized carbons (Fsp3) is 0.333. The van der Waals surface area contributed by atoms with E-state index in [2.05, 4.69) is 32.0 Å². The van der Waals surface area contributed by atoms with Gasteiger partial charge < -0.3 is 4.42 Å². The third-order valence-corrected chi connectivity index (χ3v) is 4.64. The number of halogens is 1. The SMILES string of the molecule is CCCC(C)C(Cl)c1ccc2oc3ccccc3c2c1. The summed E-state index contributed by atoms with van der Waals surface area (Å²) >= 11 is 6.62. The molecule has 0 aliphatic carbocycles. The number of furan rings is 1. The van der Waals surface area contributed by atoms with Crippen molar-refractivity contribution >= 4 is 33.5 Å². The van der Waals surface area contributed by atoms with Crippen molar-refractivity contribution in [3.8, 4) is 0 Å². The van der Waals surface area contributed by atoms with Gasteiger partial charge in [-0.3, -0.25) is 0 Å². The predicted octanol–water partition coefficient (Wildman–Crippen LogP) is 6.30. The minimum absolute atomic E-state index is 0.0630. The molecule has 2 unspecified atom stereocenters. The molecule has 0 spiro atoms. The quantitative estimate of drug-likeness (QED) is 0.513. The minimum Gasteiger partial charge on any atom is -0.456 e. The Morgan fingerprint density at radius 1 is 1.05 bits per heavy atom. The summed E-state index contributed by atoms with van der Waals surface area (Å²) in [7, 11) is 0. The first-order valence-corrected chi connectivity index (χ1v) is 7.69. The molecule has 1 heterocycles. The molecule has 0 saturated heterocycles. The normalized spacial score (nSPS) is 14.8. The molecule has 0 bridgehead atoms. The molecule has 20 heavy (non-hydrogen) atoms. The molecule has 3 rings (SSSR count). The average molecular weight is 287 g/mol. The predicted molar refractivity (Wildman–Crippen MR) is 86.4 cm³/mol. The fourth-order valence-corrected chi connectivity index (χ4v) is 3.11. The van der Waals surface area contributed by atoms with Crippen LogP contribution in [0.1, 0.15) is 37.6 Å². The molecule has 1 aromatic heterocycles. The highest BCUT2D eigenvalue weighted by molar-refractivity contribution is 6.21. The molecule has 2 heteroatoms. The lowest BCUT2D eigenvalue weighted by molar-refractivity contribution is 0.508. The maximum atomic E-state index is 6.62. The van der Waals surface area contributed by atoms with Gasteiger partial charge in [0.25, 0.3) is 0 Å². The second-order valence-corrected chi connectivity index (χ2v) is 5.99. The summed E-state index contributed by atoms with van der Waals surface area (Å²) < 4.78 is 5.85. The number of para-hydroxylation sites is 1. The van der Waals surface area contributed by atoms with E-state index in [0.29, 0.717) is 5.92 Å². The number of hydrogen-bond acceptors (Lipinski definition) is 1. The Labute approximate surface area is 124 Å². The molecule has 0 aliphatic heterocycles. The van der Waals surface area contributed by atoms with Crippen molar-refractivity contribution < 1.29 is 4.42 Å². The summed E-state index contributed by atoms with van der Waals surface area (Å²) in [5.74, 6) is 0.484. The van der Waals surface area contributed by atoms with Crippen LogP contribution in [0, 0.1) is 5.92 Å². The Kier molecular flexibility index (Phi) is 3.71. The average Bonchev–Trinajstić information content (AvgIpc) is 2.84. The van der Waals surface area contributed by atoms with Crippen LogP contribution in [0.15, 0.2) is 46.9 Å². The van der Waals surface area contributed by atoms with Crippen LogP contribution >= 0.6 is 11.6 Å². The van der Waals surface area contributed by atoms with Gasteiger partial charge in [0.15, 0.2) is 0 Å². The Morgan fingerprint density at radius 2 is 1.80 bits per heavy atom. The van der Waals surface area contributed by atoms with Crippen molar-refractivity contribution in [2.24, 2.45) is 5.92 Å². The Morgan fingerprint density at radius 3 is 2.60 bits per heavy atom. The highest BCUT2D eigenvalue weighted by Crippen LogP contribution is 2.36. The van der Waals surface area contributed by atoms with E-state index in [1.807, 2.05) is 24.3 Å². The van der Waals surface area contributed by atoms with Crippen molar-refractivity contribution in [1.82, 2.24) is 0 Å². The van der Waals surface area contributed by atoms with Crippen LogP contribution in [0.25, 0.3) is 21.9 Å². The Balaban J connectivity index is 2.07. The highest BCUT2D eigenvalue weighted by Gasteiger charge is 2.17. The van der Waals surface area contributed by atoms with Crippen LogP contribution in [-0.2, 0) is 0 Å². The van der Waals surface area contributed by atoms with Gasteiger partial charge in [0.2, 0.25) is 0 Å². The van der Waals surface area contributed by atoms with Crippen LogP contribution in [0.3, 0.4) is 0 Å². The lowest BCUT2D eigenvalue weighted by atomic mass is 9.95. The molecule has 104 valence electrons. The summed E-state index contributed by atoms with van der Waals surface area (Å²) in [6, 6.07) is 14.5. The lowest BCUT2D eigenvalue weighted by Gasteiger charge is -2.17. The van der Waals surface area contributed by atoms with Gasteiger partial charge in [-0.15, -0.1) is 11.6 Å². The summed E-state index contributed by atoms with van der Waals surface area (Å²) in [6.45, 7) is 4.42. The second-order valence-electron chi connectivity index (χ2n) is 5.52. The van der Waals surface area contributed by atoms with Crippen molar-refractivity contribution in [3.63, 3.8) is 0 Å². The van der Waals surface area contributed by atoms with Crippen LogP contribution < -0.4 is 0 Å². The number of hydrogen-bond donors (Lipinski definition) is 0. The summed E-state index contributed by atoms with van der Waals surface area (Å²) in [4.78, 5) is 0. The van der Waals surface area contributed by atoms with Gasteiger partial charge in [0, 0.05) is 10.8 Å². The third kappa shape index (κ3) is 2.31. The minimum atomic E-state index is 0.0630. The monoisotopic (exact) mass is 286 g/mol. The topological polar surface area (TPSA) is 13.1 Å². The molecule has 2 atom stereocenters. The first-order chi connectivity index (χ1) is 9.70. The number of alkyl halides is 1. The molecule has 0 radical (unpaired) electrons. The molecule has 3 aromatic rings. The summed E-state index contributed by atoms with van der Waals surface area (Å²) in [5.41, 5.74) is 3.06. The van der Waals surface area contributed by atoms with Crippen molar-refractivity contribution in [2.75, 3.05) is 0 Å². The Hall–Kier alpha value is -1.47. The van der Waals surface area contributed by atoms with Crippen LogP contribution in [-0.4, -0.2) is 0 Å². The van der Waals surface area contributed by atoms with E-state index in [4.69, 9.17) is 16.0 Å². The molecule has 0 amide bonds. The van der Waals surface area contributed by atoms with E-state index in [1.54, 1.807) is 0 Å². The fourth-order valence-electron chi connectivity index (χ4n) is 2.85. The zero-order chi connectivity index (χ0) is 14.1. The highest BCUT2D eigenvalue weighted by atomic mass is 35.5. The molecule has 0 aliphatic rings. The molecule has 0 saturated carbocycles. The number of benzene rings is 2. The molecule has 0 N–H and O–H groups in total. The van der Waals surface area contributed by atoms with Crippen LogP contribution in [0.5, 0.6) is 0 Å². The molecule has 1 nitrogen and oxygen atoms in total. The Bertz CT molecular complexity index is 728. The van der Waals surface area contributed by atoms with Gasteiger partial charge in [-0.2, -0.15) is 0 Å². The molecular weight excluding hydrogens is 268 g/mol. The summed E-state index contributed by atoms with van der Waals surface area (Å²) in [6.07, 6.45) is 2.32. The first-order valence-electron chi connectivity index (χ1n) is 7.26. The zero-order valence-electron chi connectivity index (χ0n) is 11.9.